The summed E-state index contributed by atoms with van der Waals surface area (Å²) in [7, 11) is 1.80. The molecule has 3 rings (SSSR count). The highest BCUT2D eigenvalue weighted by Crippen LogP contribution is 2.41. The molecule has 6 heteroatoms. The van der Waals surface area contributed by atoms with Crippen molar-refractivity contribution in [3.63, 3.8) is 0 Å². The summed E-state index contributed by atoms with van der Waals surface area (Å²) in [5.41, 5.74) is 1.85. The van der Waals surface area contributed by atoms with Gasteiger partial charge >= 0.3 is 0 Å². The lowest BCUT2D eigenvalue weighted by Crippen LogP contribution is -2.26. The second kappa shape index (κ2) is 3.69. The van der Waals surface area contributed by atoms with Crippen LogP contribution in [-0.4, -0.2) is 23.5 Å². The third-order valence-electron chi connectivity index (χ3n) is 2.97. The van der Waals surface area contributed by atoms with Gasteiger partial charge in [0.1, 0.15) is 11.3 Å². The standard InChI is InChI=1S/C12H10N4O2/c1-16-9-5-3-2-4-8(9)13-11-10(16)7(6-17)12(18)15-14-11/h2-6H,1H3,(H,13,14)(H,15,18). The third kappa shape index (κ3) is 1.32. The number of rotatable bonds is 1. The van der Waals surface area contributed by atoms with Crippen molar-refractivity contribution in [1.82, 2.24) is 10.2 Å². The van der Waals surface area contributed by atoms with E-state index in [1.54, 1.807) is 11.9 Å². The predicted octanol–water partition coefficient (Wildman–Crippen LogP) is 1.41. The maximum Gasteiger partial charge on any atom is 0.277 e. The molecule has 1 aliphatic heterocycles. The number of anilines is 4. The van der Waals surface area contributed by atoms with Crippen molar-refractivity contribution >= 4 is 29.2 Å². The predicted molar refractivity (Wildman–Crippen MR) is 68.0 cm³/mol. The molecule has 0 saturated heterocycles. The average Bonchev–Trinajstić information content (AvgIpc) is 2.40. The van der Waals surface area contributed by atoms with Crippen LogP contribution in [-0.2, 0) is 0 Å². The van der Waals surface area contributed by atoms with Gasteiger partial charge in [0.15, 0.2) is 12.1 Å². The smallest absolute Gasteiger partial charge is 0.277 e. The van der Waals surface area contributed by atoms with Gasteiger partial charge in [-0.25, -0.2) is 5.10 Å². The van der Waals surface area contributed by atoms with Crippen LogP contribution >= 0.6 is 0 Å². The molecule has 1 aromatic heterocycles. The second-order valence-corrected chi connectivity index (χ2v) is 3.98. The van der Waals surface area contributed by atoms with Gasteiger partial charge in [-0.05, 0) is 12.1 Å². The van der Waals surface area contributed by atoms with Gasteiger partial charge in [-0.3, -0.25) is 9.59 Å². The van der Waals surface area contributed by atoms with E-state index in [4.69, 9.17) is 0 Å². The van der Waals surface area contributed by atoms with Crippen molar-refractivity contribution in [2.45, 2.75) is 0 Å². The number of carbonyl (C=O) groups is 1. The van der Waals surface area contributed by atoms with Gasteiger partial charge in [-0.1, -0.05) is 12.1 Å². The number of hydrogen-bond donors (Lipinski definition) is 2. The zero-order chi connectivity index (χ0) is 12.7. The zero-order valence-corrected chi connectivity index (χ0v) is 9.60. The maximum absolute atomic E-state index is 11.6. The minimum Gasteiger partial charge on any atom is -0.339 e. The van der Waals surface area contributed by atoms with Crippen molar-refractivity contribution in [2.24, 2.45) is 0 Å². The molecule has 0 saturated carbocycles. The molecule has 0 spiro atoms. The van der Waals surface area contributed by atoms with Gasteiger partial charge in [-0.15, -0.1) is 0 Å². The molecule has 6 nitrogen and oxygen atoms in total. The van der Waals surface area contributed by atoms with Crippen LogP contribution in [0.25, 0.3) is 0 Å². The molecule has 0 aliphatic carbocycles. The van der Waals surface area contributed by atoms with Gasteiger partial charge in [0.2, 0.25) is 0 Å². The van der Waals surface area contributed by atoms with Crippen LogP contribution in [0.1, 0.15) is 10.4 Å². The van der Waals surface area contributed by atoms with Gasteiger partial charge in [0.05, 0.1) is 11.4 Å². The lowest BCUT2D eigenvalue weighted by atomic mass is 10.1. The van der Waals surface area contributed by atoms with E-state index in [1.807, 2.05) is 24.3 Å². The molecule has 2 heterocycles. The topological polar surface area (TPSA) is 78.1 Å². The number of nitrogens with zero attached hydrogens (tertiary/aromatic N) is 2. The van der Waals surface area contributed by atoms with E-state index in [2.05, 4.69) is 15.5 Å². The lowest BCUT2D eigenvalue weighted by Gasteiger charge is -2.30. The molecule has 0 radical (unpaired) electrons. The Morgan fingerprint density at radius 2 is 2.11 bits per heavy atom. The Morgan fingerprint density at radius 1 is 1.33 bits per heavy atom. The van der Waals surface area contributed by atoms with Crippen LogP contribution in [0, 0.1) is 0 Å². The number of aldehydes is 1. The molecule has 2 aromatic rings. The fourth-order valence-corrected chi connectivity index (χ4v) is 2.11. The molecule has 0 bridgehead atoms. The van der Waals surface area contributed by atoms with Crippen LogP contribution in [0.4, 0.5) is 22.9 Å². The van der Waals surface area contributed by atoms with Crippen molar-refractivity contribution < 1.29 is 4.79 Å². The van der Waals surface area contributed by atoms with E-state index in [0.29, 0.717) is 17.8 Å². The van der Waals surface area contributed by atoms with E-state index >= 15 is 0 Å². The Morgan fingerprint density at radius 3 is 2.89 bits per heavy atom. The van der Waals surface area contributed by atoms with E-state index in [-0.39, 0.29) is 5.56 Å². The summed E-state index contributed by atoms with van der Waals surface area (Å²) in [4.78, 5) is 24.4. The van der Waals surface area contributed by atoms with E-state index < -0.39 is 5.56 Å². The number of para-hydroxylation sites is 2. The summed E-state index contributed by atoms with van der Waals surface area (Å²) < 4.78 is 0. The van der Waals surface area contributed by atoms with Gasteiger partial charge < -0.3 is 10.2 Å². The number of nitrogens with one attached hydrogen (secondary N) is 2. The van der Waals surface area contributed by atoms with E-state index in [1.165, 1.54) is 0 Å². The van der Waals surface area contributed by atoms with Gasteiger partial charge in [-0.2, -0.15) is 5.10 Å². The first kappa shape index (κ1) is 10.5. The molecule has 0 unspecified atom stereocenters. The molecule has 0 fully saturated rings. The van der Waals surface area contributed by atoms with Crippen LogP contribution in [0.15, 0.2) is 29.1 Å². The molecule has 1 aliphatic rings. The second-order valence-electron chi connectivity index (χ2n) is 3.98. The minimum atomic E-state index is -0.489. The molecular formula is C12H10N4O2. The Balaban J connectivity index is 2.29. The van der Waals surface area contributed by atoms with Crippen LogP contribution in [0.3, 0.4) is 0 Å². The summed E-state index contributed by atoms with van der Waals surface area (Å²) >= 11 is 0. The van der Waals surface area contributed by atoms with Crippen molar-refractivity contribution in [3.05, 3.63) is 40.2 Å². The van der Waals surface area contributed by atoms with Gasteiger partial charge in [0.25, 0.3) is 5.56 Å². The molecule has 0 amide bonds. The number of H-pyrrole nitrogens is 1. The Labute approximate surface area is 102 Å². The number of benzene rings is 1. The molecule has 0 atom stereocenters. The Kier molecular flexibility index (Phi) is 2.16. The molecular weight excluding hydrogens is 232 g/mol. The first-order valence-electron chi connectivity index (χ1n) is 5.40. The van der Waals surface area contributed by atoms with E-state index in [0.717, 1.165) is 11.4 Å². The highest BCUT2D eigenvalue weighted by Gasteiger charge is 2.24. The first-order valence-corrected chi connectivity index (χ1v) is 5.40. The summed E-state index contributed by atoms with van der Waals surface area (Å²) in [6.07, 6.45) is 0.547. The fraction of sp³-hybridized carbons (Fsp3) is 0.0833. The number of fused-ring (bicyclic) bond motifs is 2. The molecule has 18 heavy (non-hydrogen) atoms. The molecule has 90 valence electrons. The number of hydrogen-bond acceptors (Lipinski definition) is 5. The quantitative estimate of drug-likeness (QED) is 0.739. The highest BCUT2D eigenvalue weighted by atomic mass is 16.1. The maximum atomic E-state index is 11.6. The Hall–Kier alpha value is -2.63. The van der Waals surface area contributed by atoms with Crippen LogP contribution in [0.2, 0.25) is 0 Å². The number of carbonyl (C=O) groups excluding carboxylic acids is 1. The Bertz CT molecular complexity index is 693. The SMILES string of the molecule is CN1c2ccccc2Nc2n[nH]c(=O)c(C=O)c21. The highest BCUT2D eigenvalue weighted by molar-refractivity contribution is 5.97. The molecule has 1 aromatic carbocycles. The lowest BCUT2D eigenvalue weighted by molar-refractivity contribution is 0.112. The van der Waals surface area contributed by atoms with Crippen molar-refractivity contribution in [2.75, 3.05) is 17.3 Å². The normalized spacial score (nSPS) is 12.4. The molecule has 2 N–H and O–H groups in total. The fourth-order valence-electron chi connectivity index (χ4n) is 2.11. The number of aromatic amines is 1. The van der Waals surface area contributed by atoms with Crippen LogP contribution < -0.4 is 15.8 Å². The van der Waals surface area contributed by atoms with Crippen molar-refractivity contribution in [3.8, 4) is 0 Å². The number of aromatic nitrogens is 2. The van der Waals surface area contributed by atoms with Crippen LogP contribution in [0.5, 0.6) is 0 Å². The zero-order valence-electron chi connectivity index (χ0n) is 9.60. The summed E-state index contributed by atoms with van der Waals surface area (Å²) in [6.45, 7) is 0. The summed E-state index contributed by atoms with van der Waals surface area (Å²) in [5.74, 6) is 0.470. The summed E-state index contributed by atoms with van der Waals surface area (Å²) in [5, 5.41) is 9.32. The average molecular weight is 242 g/mol. The largest absolute Gasteiger partial charge is 0.339 e. The van der Waals surface area contributed by atoms with E-state index in [9.17, 15) is 9.59 Å². The van der Waals surface area contributed by atoms with Gasteiger partial charge in [0, 0.05) is 7.05 Å². The minimum absolute atomic E-state index is 0.0736. The van der Waals surface area contributed by atoms with Crippen molar-refractivity contribution in [1.29, 1.82) is 0 Å². The third-order valence-corrected chi connectivity index (χ3v) is 2.97. The monoisotopic (exact) mass is 242 g/mol. The first-order chi connectivity index (χ1) is 8.72. The summed E-state index contributed by atoms with van der Waals surface area (Å²) in [6, 6.07) is 7.60.